The van der Waals surface area contributed by atoms with Crippen LogP contribution in [-0.4, -0.2) is 6.54 Å². The first-order valence-electron chi connectivity index (χ1n) is 5.13. The van der Waals surface area contributed by atoms with Gasteiger partial charge in [0.05, 0.1) is 0 Å². The van der Waals surface area contributed by atoms with E-state index in [1.54, 1.807) is 0 Å². The van der Waals surface area contributed by atoms with Crippen LogP contribution >= 0.6 is 0 Å². The topological polar surface area (TPSA) is 12.0 Å². The van der Waals surface area contributed by atoms with Crippen molar-refractivity contribution in [2.24, 2.45) is 11.8 Å². The van der Waals surface area contributed by atoms with Crippen molar-refractivity contribution in [1.82, 2.24) is 0 Å². The number of hydrogen-bond acceptors (Lipinski definition) is 1. The van der Waals surface area contributed by atoms with Gasteiger partial charge < -0.3 is 5.32 Å². The molecule has 2 rings (SSSR count). The maximum absolute atomic E-state index is 3.47. The summed E-state index contributed by atoms with van der Waals surface area (Å²) in [6, 6.07) is 10.5. The van der Waals surface area contributed by atoms with E-state index in [-0.39, 0.29) is 0 Å². The van der Waals surface area contributed by atoms with E-state index < -0.39 is 0 Å². The van der Waals surface area contributed by atoms with E-state index in [2.05, 4.69) is 42.6 Å². The van der Waals surface area contributed by atoms with Crippen LogP contribution in [0.25, 0.3) is 0 Å². The lowest BCUT2D eigenvalue weighted by Crippen LogP contribution is -2.27. The molecule has 1 fully saturated rings. The Bertz CT molecular complexity index is 249. The summed E-state index contributed by atoms with van der Waals surface area (Å²) in [4.78, 5) is 0. The largest absolute Gasteiger partial charge is 0.385 e. The number of hydrogen-bond donors (Lipinski definition) is 1. The summed E-state index contributed by atoms with van der Waals surface area (Å²) in [6.45, 7) is 3.48. The standard InChI is InChI=1S/C12H17N/c1-10-7-11(8-10)9-13-12-5-3-2-4-6-12/h2-6,10-11,13H,7-9H2,1H3. The minimum absolute atomic E-state index is 0.912. The summed E-state index contributed by atoms with van der Waals surface area (Å²) >= 11 is 0. The van der Waals surface area contributed by atoms with E-state index in [1.807, 2.05) is 0 Å². The molecule has 1 N–H and O–H groups in total. The fraction of sp³-hybridized carbons (Fsp3) is 0.500. The normalized spacial score (nSPS) is 26.5. The number of nitrogens with one attached hydrogen (secondary N) is 1. The maximum Gasteiger partial charge on any atom is 0.0340 e. The van der Waals surface area contributed by atoms with Crippen LogP contribution in [0.5, 0.6) is 0 Å². The van der Waals surface area contributed by atoms with Gasteiger partial charge in [0, 0.05) is 12.2 Å². The second kappa shape index (κ2) is 3.82. The number of benzene rings is 1. The SMILES string of the molecule is CC1CC(CNc2ccccc2)C1. The zero-order valence-corrected chi connectivity index (χ0v) is 8.16. The van der Waals surface area contributed by atoms with Crippen LogP contribution in [0.1, 0.15) is 19.8 Å². The third-order valence-electron chi connectivity index (χ3n) is 2.84. The third kappa shape index (κ3) is 2.24. The molecule has 0 bridgehead atoms. The molecular weight excluding hydrogens is 158 g/mol. The highest BCUT2D eigenvalue weighted by Crippen LogP contribution is 2.32. The fourth-order valence-electron chi connectivity index (χ4n) is 2.05. The molecule has 1 aliphatic carbocycles. The lowest BCUT2D eigenvalue weighted by molar-refractivity contribution is 0.225. The minimum atomic E-state index is 0.912. The molecule has 0 atom stereocenters. The predicted octanol–water partition coefficient (Wildman–Crippen LogP) is 3.14. The summed E-state index contributed by atoms with van der Waals surface area (Å²) in [5, 5.41) is 3.47. The minimum Gasteiger partial charge on any atom is -0.385 e. The molecule has 1 aliphatic rings. The van der Waals surface area contributed by atoms with Crippen LogP contribution in [0.3, 0.4) is 0 Å². The summed E-state index contributed by atoms with van der Waals surface area (Å²) < 4.78 is 0. The second-order valence-electron chi connectivity index (χ2n) is 4.19. The first kappa shape index (κ1) is 8.61. The first-order valence-corrected chi connectivity index (χ1v) is 5.13. The lowest BCUT2D eigenvalue weighted by atomic mass is 9.76. The van der Waals surface area contributed by atoms with Crippen LogP contribution < -0.4 is 5.32 Å². The highest BCUT2D eigenvalue weighted by atomic mass is 14.9. The van der Waals surface area contributed by atoms with Gasteiger partial charge in [-0.05, 0) is 36.8 Å². The lowest BCUT2D eigenvalue weighted by Gasteiger charge is -2.32. The number of rotatable bonds is 3. The molecule has 70 valence electrons. The van der Waals surface area contributed by atoms with Gasteiger partial charge in [-0.25, -0.2) is 0 Å². The van der Waals surface area contributed by atoms with E-state index in [0.717, 1.165) is 18.4 Å². The second-order valence-corrected chi connectivity index (χ2v) is 4.19. The van der Waals surface area contributed by atoms with Gasteiger partial charge in [0.15, 0.2) is 0 Å². The molecule has 0 amide bonds. The average molecular weight is 175 g/mol. The molecule has 0 saturated heterocycles. The van der Waals surface area contributed by atoms with E-state index >= 15 is 0 Å². The van der Waals surface area contributed by atoms with Crippen molar-refractivity contribution in [3.63, 3.8) is 0 Å². The maximum atomic E-state index is 3.47. The van der Waals surface area contributed by atoms with E-state index in [1.165, 1.54) is 18.5 Å². The average Bonchev–Trinajstić information content (AvgIpc) is 2.12. The Morgan fingerprint density at radius 2 is 1.92 bits per heavy atom. The molecule has 1 aromatic rings. The monoisotopic (exact) mass is 175 g/mol. The Morgan fingerprint density at radius 1 is 1.23 bits per heavy atom. The van der Waals surface area contributed by atoms with Crippen molar-refractivity contribution in [2.45, 2.75) is 19.8 Å². The Hall–Kier alpha value is -0.980. The molecule has 0 spiro atoms. The summed E-state index contributed by atoms with van der Waals surface area (Å²) in [6.07, 6.45) is 2.81. The molecule has 1 nitrogen and oxygen atoms in total. The Morgan fingerprint density at radius 3 is 2.54 bits per heavy atom. The van der Waals surface area contributed by atoms with E-state index in [4.69, 9.17) is 0 Å². The van der Waals surface area contributed by atoms with Crippen molar-refractivity contribution in [3.8, 4) is 0 Å². The van der Waals surface area contributed by atoms with Crippen LogP contribution in [0.4, 0.5) is 5.69 Å². The molecule has 0 radical (unpaired) electrons. The van der Waals surface area contributed by atoms with Crippen LogP contribution in [0.15, 0.2) is 30.3 Å². The summed E-state index contributed by atoms with van der Waals surface area (Å²) in [5.41, 5.74) is 1.25. The zero-order chi connectivity index (χ0) is 9.10. The summed E-state index contributed by atoms with van der Waals surface area (Å²) in [7, 11) is 0. The van der Waals surface area contributed by atoms with Crippen LogP contribution in [-0.2, 0) is 0 Å². The van der Waals surface area contributed by atoms with Crippen molar-refractivity contribution in [1.29, 1.82) is 0 Å². The quantitative estimate of drug-likeness (QED) is 0.744. The van der Waals surface area contributed by atoms with Crippen LogP contribution in [0.2, 0.25) is 0 Å². The first-order chi connectivity index (χ1) is 6.34. The Balaban J connectivity index is 1.74. The van der Waals surface area contributed by atoms with Crippen molar-refractivity contribution < 1.29 is 0 Å². The molecular formula is C12H17N. The van der Waals surface area contributed by atoms with Gasteiger partial charge in [-0.3, -0.25) is 0 Å². The predicted molar refractivity (Wildman–Crippen MR) is 56.8 cm³/mol. The molecule has 0 heterocycles. The molecule has 1 heteroatoms. The van der Waals surface area contributed by atoms with Gasteiger partial charge in [-0.1, -0.05) is 25.1 Å². The van der Waals surface area contributed by atoms with Gasteiger partial charge >= 0.3 is 0 Å². The molecule has 0 aliphatic heterocycles. The molecule has 0 unspecified atom stereocenters. The van der Waals surface area contributed by atoms with Gasteiger partial charge in [-0.15, -0.1) is 0 Å². The van der Waals surface area contributed by atoms with Gasteiger partial charge in [0.25, 0.3) is 0 Å². The van der Waals surface area contributed by atoms with Gasteiger partial charge in [0.2, 0.25) is 0 Å². The van der Waals surface area contributed by atoms with E-state index in [9.17, 15) is 0 Å². The highest BCUT2D eigenvalue weighted by Gasteiger charge is 2.24. The van der Waals surface area contributed by atoms with Crippen LogP contribution in [0, 0.1) is 11.8 Å². The van der Waals surface area contributed by atoms with E-state index in [0.29, 0.717) is 0 Å². The highest BCUT2D eigenvalue weighted by molar-refractivity contribution is 5.42. The van der Waals surface area contributed by atoms with Gasteiger partial charge in [0.1, 0.15) is 0 Å². The fourth-order valence-corrected chi connectivity index (χ4v) is 2.05. The molecule has 0 aromatic heterocycles. The molecule has 13 heavy (non-hydrogen) atoms. The number of para-hydroxylation sites is 1. The van der Waals surface area contributed by atoms with Crippen molar-refractivity contribution in [2.75, 3.05) is 11.9 Å². The zero-order valence-electron chi connectivity index (χ0n) is 8.16. The van der Waals surface area contributed by atoms with Gasteiger partial charge in [-0.2, -0.15) is 0 Å². The number of anilines is 1. The molecule has 1 aromatic carbocycles. The Labute approximate surface area is 80.2 Å². The summed E-state index contributed by atoms with van der Waals surface area (Å²) in [5.74, 6) is 1.87. The van der Waals surface area contributed by atoms with Crippen molar-refractivity contribution >= 4 is 5.69 Å². The third-order valence-corrected chi connectivity index (χ3v) is 2.84. The van der Waals surface area contributed by atoms with Crippen molar-refractivity contribution in [3.05, 3.63) is 30.3 Å². The smallest absolute Gasteiger partial charge is 0.0340 e. The Kier molecular flexibility index (Phi) is 2.53. The molecule has 1 saturated carbocycles.